The number of phenols is 5. The summed E-state index contributed by atoms with van der Waals surface area (Å²) >= 11 is 0. The normalized spacial score (nSPS) is 21.3. The predicted octanol–water partition coefficient (Wildman–Crippen LogP) is 4.79. The number of aromatic hydroxyl groups is 5. The zero-order valence-corrected chi connectivity index (χ0v) is 21.5. The van der Waals surface area contributed by atoms with Crippen LogP contribution in [0.2, 0.25) is 0 Å². The molecule has 4 atom stereocenters. The molecular formula is C31H24O10. The molecular weight excluding hydrogens is 532 g/mol. The standard InChI is InChI=1S/C31H24O10/c1-39-19-8-4-15(5-9-19)31-27(29(38)25-21(36)11-18(34)13-23(25)41-31)26-28(37)24-20(35)10-17(33)12-22(24)40-30(26)14-2-6-16(32)7-3-14/h2-13,26-27,30-36H,1H3/t26-,27+,30-,31-/m0/s1. The topological polar surface area (TPSA) is 163 Å². The Bertz CT molecular complexity index is 1680. The summed E-state index contributed by atoms with van der Waals surface area (Å²) in [6.45, 7) is 0. The highest BCUT2D eigenvalue weighted by Crippen LogP contribution is 2.53. The molecule has 0 unspecified atom stereocenters. The van der Waals surface area contributed by atoms with Gasteiger partial charge in [-0.25, -0.2) is 0 Å². The van der Waals surface area contributed by atoms with Gasteiger partial charge in [0.15, 0.2) is 11.6 Å². The Labute approximate surface area is 233 Å². The van der Waals surface area contributed by atoms with Gasteiger partial charge in [0.05, 0.1) is 18.9 Å². The Hall–Kier alpha value is -5.38. The third-order valence-electron chi connectivity index (χ3n) is 7.44. The molecule has 6 rings (SSSR count). The van der Waals surface area contributed by atoms with E-state index in [0.717, 1.165) is 12.1 Å². The summed E-state index contributed by atoms with van der Waals surface area (Å²) in [6, 6.07) is 17.0. The number of fused-ring (bicyclic) bond motifs is 2. The summed E-state index contributed by atoms with van der Waals surface area (Å²) in [5.74, 6) is -5.23. The Kier molecular flexibility index (Phi) is 6.10. The van der Waals surface area contributed by atoms with Crippen molar-refractivity contribution >= 4 is 11.6 Å². The van der Waals surface area contributed by atoms with Crippen molar-refractivity contribution in [2.45, 2.75) is 12.2 Å². The fourth-order valence-electron chi connectivity index (χ4n) is 5.59. The minimum Gasteiger partial charge on any atom is -0.508 e. The van der Waals surface area contributed by atoms with Crippen molar-refractivity contribution in [2.75, 3.05) is 7.11 Å². The Morgan fingerprint density at radius 3 is 1.41 bits per heavy atom. The number of methoxy groups -OCH3 is 1. The van der Waals surface area contributed by atoms with Gasteiger partial charge in [-0.3, -0.25) is 9.59 Å². The maximum Gasteiger partial charge on any atom is 0.178 e. The summed E-state index contributed by atoms with van der Waals surface area (Å²) in [5.41, 5.74) is 0.493. The first-order chi connectivity index (χ1) is 19.7. The van der Waals surface area contributed by atoms with Gasteiger partial charge in [-0.2, -0.15) is 0 Å². The lowest BCUT2D eigenvalue weighted by atomic mass is 9.69. The highest BCUT2D eigenvalue weighted by molar-refractivity contribution is 6.11. The van der Waals surface area contributed by atoms with E-state index in [-0.39, 0.29) is 39.9 Å². The molecule has 10 nitrogen and oxygen atoms in total. The van der Waals surface area contributed by atoms with Crippen LogP contribution in [0, 0.1) is 11.8 Å². The first-order valence-electron chi connectivity index (χ1n) is 12.6. The van der Waals surface area contributed by atoms with Crippen molar-refractivity contribution in [3.63, 3.8) is 0 Å². The average molecular weight is 557 g/mol. The van der Waals surface area contributed by atoms with Crippen LogP contribution in [0.15, 0.2) is 72.8 Å². The molecule has 4 aromatic rings. The van der Waals surface area contributed by atoms with Crippen LogP contribution < -0.4 is 14.2 Å². The maximum atomic E-state index is 14.3. The number of phenolic OH excluding ortho intramolecular Hbond substituents is 5. The van der Waals surface area contributed by atoms with Gasteiger partial charge < -0.3 is 39.7 Å². The molecule has 0 saturated carbocycles. The number of rotatable bonds is 4. The van der Waals surface area contributed by atoms with E-state index >= 15 is 0 Å². The van der Waals surface area contributed by atoms with Crippen molar-refractivity contribution in [2.24, 2.45) is 11.8 Å². The summed E-state index contributed by atoms with van der Waals surface area (Å²) < 4.78 is 17.7. The number of Topliss-reactive ketones (excluding diaryl/α,β-unsaturated/α-hetero) is 2. The van der Waals surface area contributed by atoms with Crippen LogP contribution in [0.3, 0.4) is 0 Å². The van der Waals surface area contributed by atoms with E-state index < -0.39 is 47.1 Å². The Morgan fingerprint density at radius 1 is 0.585 bits per heavy atom. The molecule has 2 aliphatic heterocycles. The molecule has 0 amide bonds. The van der Waals surface area contributed by atoms with E-state index in [0.29, 0.717) is 16.9 Å². The number of ether oxygens (including phenoxy) is 3. The second-order valence-electron chi connectivity index (χ2n) is 9.90. The van der Waals surface area contributed by atoms with E-state index in [1.54, 1.807) is 24.3 Å². The van der Waals surface area contributed by atoms with E-state index in [1.807, 2.05) is 0 Å². The van der Waals surface area contributed by atoms with Crippen molar-refractivity contribution < 1.29 is 49.3 Å². The minimum atomic E-state index is -1.30. The largest absolute Gasteiger partial charge is 0.508 e. The SMILES string of the molecule is COc1ccc([C@@H]2Oc3cc(O)cc(O)c3C(=O)[C@H]2[C@H]2C(=O)c3c(O)cc(O)cc3O[C@H]2c2ccc(O)cc2)cc1. The highest BCUT2D eigenvalue weighted by Gasteiger charge is 2.53. The number of hydrogen-bond acceptors (Lipinski definition) is 10. The lowest BCUT2D eigenvalue weighted by Gasteiger charge is -2.42. The van der Waals surface area contributed by atoms with E-state index in [1.165, 1.54) is 43.5 Å². The fourth-order valence-corrected chi connectivity index (χ4v) is 5.59. The lowest BCUT2D eigenvalue weighted by molar-refractivity contribution is 0.0129. The van der Waals surface area contributed by atoms with Crippen LogP contribution in [0.25, 0.3) is 0 Å². The minimum absolute atomic E-state index is 0.0324. The Balaban J connectivity index is 1.58. The van der Waals surface area contributed by atoms with Gasteiger partial charge in [0.2, 0.25) is 0 Å². The molecule has 0 spiro atoms. The summed E-state index contributed by atoms with van der Waals surface area (Å²) in [6.07, 6.45) is -2.23. The quantitative estimate of drug-likeness (QED) is 0.236. The lowest BCUT2D eigenvalue weighted by Crippen LogP contribution is -2.45. The average Bonchev–Trinajstić information content (AvgIpc) is 2.93. The molecule has 0 fully saturated rings. The van der Waals surface area contributed by atoms with Crippen LogP contribution in [-0.4, -0.2) is 44.2 Å². The predicted molar refractivity (Wildman–Crippen MR) is 143 cm³/mol. The zero-order chi connectivity index (χ0) is 29.0. The monoisotopic (exact) mass is 556 g/mol. The van der Waals surface area contributed by atoms with Gasteiger partial charge in [0.25, 0.3) is 0 Å². The van der Waals surface area contributed by atoms with Crippen LogP contribution in [0.5, 0.6) is 46.0 Å². The number of benzene rings is 4. The molecule has 0 aliphatic carbocycles. The zero-order valence-electron chi connectivity index (χ0n) is 21.5. The van der Waals surface area contributed by atoms with Gasteiger partial charge in [-0.05, 0) is 35.4 Å². The highest BCUT2D eigenvalue weighted by atomic mass is 16.5. The number of carbonyl (C=O) groups excluding carboxylic acids is 2. The molecule has 5 N–H and O–H groups in total. The fraction of sp³-hybridized carbons (Fsp3) is 0.161. The van der Waals surface area contributed by atoms with E-state index in [2.05, 4.69) is 0 Å². The van der Waals surface area contributed by atoms with Crippen molar-refractivity contribution in [1.82, 2.24) is 0 Å². The third kappa shape index (κ3) is 4.29. The summed E-state index contributed by atoms with van der Waals surface area (Å²) in [5, 5.41) is 51.4. The molecule has 0 bridgehead atoms. The molecule has 2 heterocycles. The molecule has 2 aliphatic rings. The first kappa shape index (κ1) is 25.9. The van der Waals surface area contributed by atoms with Crippen LogP contribution in [0.1, 0.15) is 44.1 Å². The smallest absolute Gasteiger partial charge is 0.178 e. The van der Waals surface area contributed by atoms with Crippen molar-refractivity contribution in [3.05, 3.63) is 95.1 Å². The Morgan fingerprint density at radius 2 is 1.00 bits per heavy atom. The second kappa shape index (κ2) is 9.67. The molecule has 4 aromatic carbocycles. The van der Waals surface area contributed by atoms with Crippen molar-refractivity contribution in [3.8, 4) is 46.0 Å². The van der Waals surface area contributed by atoms with E-state index in [4.69, 9.17) is 14.2 Å². The molecule has 10 heteroatoms. The number of carbonyl (C=O) groups is 2. The van der Waals surface area contributed by atoms with Crippen molar-refractivity contribution in [1.29, 1.82) is 0 Å². The third-order valence-corrected chi connectivity index (χ3v) is 7.44. The van der Waals surface area contributed by atoms with Gasteiger partial charge in [0, 0.05) is 24.3 Å². The molecule has 0 saturated heterocycles. The number of ketones is 2. The van der Waals surface area contributed by atoms with E-state index in [9.17, 15) is 35.1 Å². The maximum absolute atomic E-state index is 14.3. The number of hydrogen-bond donors (Lipinski definition) is 5. The summed E-state index contributed by atoms with van der Waals surface area (Å²) in [4.78, 5) is 28.6. The van der Waals surface area contributed by atoms with Gasteiger partial charge in [0.1, 0.15) is 69.3 Å². The van der Waals surface area contributed by atoms with Crippen LogP contribution in [0.4, 0.5) is 0 Å². The van der Waals surface area contributed by atoms with Crippen LogP contribution >= 0.6 is 0 Å². The van der Waals surface area contributed by atoms with Gasteiger partial charge >= 0.3 is 0 Å². The van der Waals surface area contributed by atoms with Gasteiger partial charge in [-0.1, -0.05) is 24.3 Å². The van der Waals surface area contributed by atoms with Crippen LogP contribution in [-0.2, 0) is 0 Å². The molecule has 41 heavy (non-hydrogen) atoms. The summed E-state index contributed by atoms with van der Waals surface area (Å²) in [7, 11) is 1.50. The second-order valence-corrected chi connectivity index (χ2v) is 9.90. The molecule has 208 valence electrons. The first-order valence-corrected chi connectivity index (χ1v) is 12.6. The molecule has 0 radical (unpaired) electrons. The molecule has 0 aromatic heterocycles. The van der Waals surface area contributed by atoms with Gasteiger partial charge in [-0.15, -0.1) is 0 Å².